The van der Waals surface area contributed by atoms with E-state index < -0.39 is 11.7 Å². The average molecular weight is 299 g/mol. The lowest BCUT2D eigenvalue weighted by molar-refractivity contribution is -0.137. The molecule has 0 amide bonds. The molecule has 2 atom stereocenters. The largest absolute Gasteiger partial charge is 0.416 e. The number of nitrogens with one attached hydrogen (secondary N) is 1. The Morgan fingerprint density at radius 3 is 2.24 bits per heavy atom. The highest BCUT2D eigenvalue weighted by Crippen LogP contribution is 2.44. The van der Waals surface area contributed by atoms with Crippen molar-refractivity contribution in [2.24, 2.45) is 5.92 Å². The molecule has 0 aliphatic heterocycles. The maximum Gasteiger partial charge on any atom is 0.416 e. The number of rotatable bonds is 3. The first-order valence-corrected chi connectivity index (χ1v) is 7.51. The second-order valence-corrected chi connectivity index (χ2v) is 7.14. The first kappa shape index (κ1) is 16.3. The molecule has 0 saturated heterocycles. The summed E-state index contributed by atoms with van der Waals surface area (Å²) in [6.07, 6.45) is -2.03. The van der Waals surface area contributed by atoms with Gasteiger partial charge in [0.2, 0.25) is 0 Å². The molecule has 1 saturated carbocycles. The van der Waals surface area contributed by atoms with Crippen LogP contribution >= 0.6 is 0 Å². The minimum Gasteiger partial charge on any atom is -0.312 e. The second kappa shape index (κ2) is 5.64. The zero-order valence-electron chi connectivity index (χ0n) is 13.1. The predicted molar refractivity (Wildman–Crippen MR) is 79.4 cm³/mol. The van der Waals surface area contributed by atoms with E-state index in [1.807, 2.05) is 0 Å². The van der Waals surface area contributed by atoms with Gasteiger partial charge in [0, 0.05) is 5.54 Å². The molecule has 21 heavy (non-hydrogen) atoms. The van der Waals surface area contributed by atoms with Crippen molar-refractivity contribution >= 4 is 0 Å². The van der Waals surface area contributed by atoms with Gasteiger partial charge in [-0.2, -0.15) is 13.2 Å². The summed E-state index contributed by atoms with van der Waals surface area (Å²) in [5.74, 6) is 0.918. The second-order valence-electron chi connectivity index (χ2n) is 7.14. The molecule has 4 heteroatoms. The van der Waals surface area contributed by atoms with Crippen molar-refractivity contribution in [2.75, 3.05) is 6.54 Å². The van der Waals surface area contributed by atoms with Crippen LogP contribution in [0, 0.1) is 12.8 Å². The van der Waals surface area contributed by atoms with Crippen molar-refractivity contribution in [1.29, 1.82) is 0 Å². The summed E-state index contributed by atoms with van der Waals surface area (Å²) in [5.41, 5.74) is 1.37. The van der Waals surface area contributed by atoms with E-state index in [4.69, 9.17) is 0 Å². The molecular formula is C17H24F3N. The van der Waals surface area contributed by atoms with Gasteiger partial charge in [0.25, 0.3) is 0 Å². The minimum atomic E-state index is -4.25. The summed E-state index contributed by atoms with van der Waals surface area (Å²) in [7, 11) is 0. The lowest BCUT2D eigenvalue weighted by atomic mass is 9.68. The molecule has 1 N–H and O–H groups in total. The Balaban J connectivity index is 2.09. The molecule has 0 aromatic heterocycles. The fraction of sp³-hybridized carbons (Fsp3) is 0.647. The van der Waals surface area contributed by atoms with Crippen LogP contribution in [-0.2, 0) is 6.18 Å². The molecule has 0 heterocycles. The Morgan fingerprint density at radius 1 is 1.14 bits per heavy atom. The van der Waals surface area contributed by atoms with E-state index >= 15 is 0 Å². The molecule has 0 spiro atoms. The molecular weight excluding hydrogens is 275 g/mol. The van der Waals surface area contributed by atoms with Crippen LogP contribution in [0.5, 0.6) is 0 Å². The average Bonchev–Trinajstić information content (AvgIpc) is 2.27. The highest BCUT2D eigenvalue weighted by Gasteiger charge is 2.35. The first-order chi connectivity index (χ1) is 9.58. The number of benzene rings is 1. The normalized spacial score (nSPS) is 23.0. The molecule has 1 fully saturated rings. The molecule has 0 radical (unpaired) electrons. The van der Waals surface area contributed by atoms with Crippen LogP contribution in [0.3, 0.4) is 0 Å². The number of aryl methyl sites for hydroxylation is 1. The van der Waals surface area contributed by atoms with Gasteiger partial charge in [-0.05, 0) is 82.2 Å². The molecule has 1 aromatic carbocycles. The Hall–Kier alpha value is -1.03. The molecule has 118 valence electrons. The van der Waals surface area contributed by atoms with Crippen molar-refractivity contribution in [3.8, 4) is 0 Å². The molecule has 1 aromatic rings. The molecule has 2 rings (SSSR count). The molecule has 1 aliphatic rings. The van der Waals surface area contributed by atoms with Crippen molar-refractivity contribution in [2.45, 2.75) is 58.2 Å². The summed E-state index contributed by atoms with van der Waals surface area (Å²) in [4.78, 5) is 0. The summed E-state index contributed by atoms with van der Waals surface area (Å²) < 4.78 is 38.1. The van der Waals surface area contributed by atoms with Gasteiger partial charge in [0.1, 0.15) is 0 Å². The summed E-state index contributed by atoms with van der Waals surface area (Å²) in [6.45, 7) is 9.10. The third-order valence-corrected chi connectivity index (χ3v) is 4.31. The van der Waals surface area contributed by atoms with Gasteiger partial charge in [0.05, 0.1) is 5.56 Å². The fourth-order valence-corrected chi connectivity index (χ4v) is 2.93. The topological polar surface area (TPSA) is 12.0 Å². The van der Waals surface area contributed by atoms with Gasteiger partial charge in [0.15, 0.2) is 0 Å². The van der Waals surface area contributed by atoms with Gasteiger partial charge < -0.3 is 5.32 Å². The number of halogens is 3. The molecule has 0 bridgehead atoms. The lowest BCUT2D eigenvalue weighted by Crippen LogP contribution is -2.43. The van der Waals surface area contributed by atoms with E-state index in [2.05, 4.69) is 26.1 Å². The number of hydrogen-bond acceptors (Lipinski definition) is 1. The van der Waals surface area contributed by atoms with Crippen LogP contribution in [0.15, 0.2) is 18.2 Å². The van der Waals surface area contributed by atoms with Crippen molar-refractivity contribution in [1.82, 2.24) is 5.32 Å². The van der Waals surface area contributed by atoms with Gasteiger partial charge >= 0.3 is 6.18 Å². The Labute approximate surface area is 124 Å². The van der Waals surface area contributed by atoms with E-state index in [-0.39, 0.29) is 5.54 Å². The van der Waals surface area contributed by atoms with E-state index in [1.54, 1.807) is 13.0 Å². The number of hydrogen-bond donors (Lipinski definition) is 1. The van der Waals surface area contributed by atoms with Crippen LogP contribution in [0.1, 0.15) is 56.2 Å². The summed E-state index contributed by atoms with van der Waals surface area (Å²) in [6, 6.07) is 4.17. The van der Waals surface area contributed by atoms with Crippen molar-refractivity contribution < 1.29 is 13.2 Å². The first-order valence-electron chi connectivity index (χ1n) is 7.51. The van der Waals surface area contributed by atoms with E-state index in [0.29, 0.717) is 11.8 Å². The SMILES string of the molecule is Cc1cc(C(F)(F)F)ccc1C1CCC1CNC(C)(C)C. The van der Waals surface area contributed by atoms with Crippen LogP contribution in [0.25, 0.3) is 0 Å². The van der Waals surface area contributed by atoms with Crippen LogP contribution < -0.4 is 5.32 Å². The van der Waals surface area contributed by atoms with E-state index in [0.717, 1.165) is 30.5 Å². The smallest absolute Gasteiger partial charge is 0.312 e. The Kier molecular flexibility index (Phi) is 4.39. The predicted octanol–water partition coefficient (Wildman–Crippen LogP) is 4.90. The lowest BCUT2D eigenvalue weighted by Gasteiger charge is -2.40. The Bertz CT molecular complexity index is 500. The van der Waals surface area contributed by atoms with E-state index in [9.17, 15) is 13.2 Å². The van der Waals surface area contributed by atoms with Crippen LogP contribution in [-0.4, -0.2) is 12.1 Å². The van der Waals surface area contributed by atoms with Gasteiger partial charge in [-0.1, -0.05) is 6.07 Å². The van der Waals surface area contributed by atoms with Crippen LogP contribution in [0.2, 0.25) is 0 Å². The van der Waals surface area contributed by atoms with Gasteiger partial charge in [-0.3, -0.25) is 0 Å². The monoisotopic (exact) mass is 299 g/mol. The third-order valence-electron chi connectivity index (χ3n) is 4.31. The number of alkyl halides is 3. The third kappa shape index (κ3) is 4.00. The maximum atomic E-state index is 12.7. The van der Waals surface area contributed by atoms with Crippen LogP contribution in [0.4, 0.5) is 13.2 Å². The zero-order chi connectivity index (χ0) is 15.8. The van der Waals surface area contributed by atoms with Crippen molar-refractivity contribution in [3.63, 3.8) is 0 Å². The van der Waals surface area contributed by atoms with E-state index in [1.165, 1.54) is 12.1 Å². The summed E-state index contributed by atoms with van der Waals surface area (Å²) >= 11 is 0. The Morgan fingerprint density at radius 2 is 1.81 bits per heavy atom. The highest BCUT2D eigenvalue weighted by atomic mass is 19.4. The zero-order valence-corrected chi connectivity index (χ0v) is 13.1. The standard InChI is InChI=1S/C17H24F3N/c1-11-9-13(17(18,19)20)6-8-14(11)15-7-5-12(15)10-21-16(2,3)4/h6,8-9,12,15,21H,5,7,10H2,1-4H3. The van der Waals surface area contributed by atoms with Crippen molar-refractivity contribution in [3.05, 3.63) is 34.9 Å². The van der Waals surface area contributed by atoms with Gasteiger partial charge in [-0.15, -0.1) is 0 Å². The van der Waals surface area contributed by atoms with Gasteiger partial charge in [-0.25, -0.2) is 0 Å². The minimum absolute atomic E-state index is 0.0787. The molecule has 2 unspecified atom stereocenters. The fourth-order valence-electron chi connectivity index (χ4n) is 2.93. The highest BCUT2D eigenvalue weighted by molar-refractivity contribution is 5.36. The maximum absolute atomic E-state index is 12.7. The molecule has 1 aliphatic carbocycles. The molecule has 1 nitrogen and oxygen atoms in total. The quantitative estimate of drug-likeness (QED) is 0.837. The summed E-state index contributed by atoms with van der Waals surface area (Å²) in [5, 5.41) is 3.50.